The lowest BCUT2D eigenvalue weighted by Crippen LogP contribution is -2.68. The number of hydrogen-bond donors (Lipinski definition) is 15. The van der Waals surface area contributed by atoms with Crippen molar-refractivity contribution in [3.63, 3.8) is 0 Å². The van der Waals surface area contributed by atoms with E-state index in [9.17, 15) is 76.6 Å². The largest absolute Gasteiger partial charge is 0.394 e. The Kier molecular flexibility index (Phi) is 18.1. The zero-order valence-electron chi connectivity index (χ0n) is 45.0. The maximum Gasteiger partial charge on any atom is 0.187 e. The quantitative estimate of drug-likeness (QED) is 0.0591. The Balaban J connectivity index is 1.02. The normalized spacial score (nSPS) is 52.6. The second-order valence-corrected chi connectivity index (χ2v) is 25.7. The van der Waals surface area contributed by atoms with Gasteiger partial charge >= 0.3 is 0 Å². The Morgan fingerprint density at radius 2 is 1.13 bits per heavy atom. The number of aliphatic hydroxyl groups excluding tert-OH is 14. The summed E-state index contributed by atoms with van der Waals surface area (Å²) in [4.78, 5) is 0. The van der Waals surface area contributed by atoms with E-state index in [1.165, 1.54) is 0 Å². The fourth-order valence-corrected chi connectivity index (χ4v) is 15.9. The van der Waals surface area contributed by atoms with Gasteiger partial charge in [0.15, 0.2) is 25.2 Å². The third kappa shape index (κ3) is 10.8. The standard InChI is InChI=1S/C53H90O23/c1-48(2,68)13-9-14-53(8,76-46-42(67)38(63)36(61)28(73-46)22-70-44-40(65)33(58)25(57)21-69-44)23-10-16-52(7)32(23)24(56)18-30-50(5)15-12-31(49(3,4)29(50)11-17-51(30,52)6)74-47-43(39(64)35(60)27(20-55)72-47)75-45-41(66)37(62)34(59)26(19-54)71-45/h9,13,23-47,54-68H,10-12,14-22H2,1-8H3/b13-9+/t23-,24+,25+,26+,27+,28+,29?,30+,31-,32?,33-,34+,35+,36+,37-,38-,39-,40+,41+,42+,43+,44-,45-,46-,47-,50-,51+,52+,53-/m0/s1. The summed E-state index contributed by atoms with van der Waals surface area (Å²) in [6.45, 7) is 14.1. The molecule has 76 heavy (non-hydrogen) atoms. The fourth-order valence-electron chi connectivity index (χ4n) is 15.9. The molecule has 23 heteroatoms. The number of rotatable bonds is 15. The van der Waals surface area contributed by atoms with Gasteiger partial charge in [-0.25, -0.2) is 0 Å². The molecule has 2 unspecified atom stereocenters. The third-order valence-corrected chi connectivity index (χ3v) is 20.4. The second-order valence-electron chi connectivity index (χ2n) is 25.7. The van der Waals surface area contributed by atoms with E-state index in [1.54, 1.807) is 26.0 Å². The second kappa shape index (κ2) is 22.5. The average Bonchev–Trinajstić information content (AvgIpc) is 3.74. The van der Waals surface area contributed by atoms with Crippen molar-refractivity contribution in [2.75, 3.05) is 26.4 Å². The summed E-state index contributed by atoms with van der Waals surface area (Å²) in [5, 5.41) is 162. The first-order chi connectivity index (χ1) is 35.4. The summed E-state index contributed by atoms with van der Waals surface area (Å²) in [6, 6.07) is 0. The Morgan fingerprint density at radius 3 is 1.76 bits per heavy atom. The van der Waals surface area contributed by atoms with Crippen molar-refractivity contribution in [2.24, 2.45) is 45.3 Å². The summed E-state index contributed by atoms with van der Waals surface area (Å²) in [7, 11) is 0. The van der Waals surface area contributed by atoms with Crippen LogP contribution < -0.4 is 0 Å². The fraction of sp³-hybridized carbons (Fsp3) is 0.962. The molecule has 0 radical (unpaired) electrons. The van der Waals surface area contributed by atoms with Crippen LogP contribution in [0, 0.1) is 45.3 Å². The van der Waals surface area contributed by atoms with Gasteiger partial charge < -0.3 is 114 Å². The van der Waals surface area contributed by atoms with E-state index in [1.807, 2.05) is 6.92 Å². The first-order valence-electron chi connectivity index (χ1n) is 27.4. The first-order valence-corrected chi connectivity index (χ1v) is 27.4. The molecule has 4 saturated heterocycles. The molecule has 0 aromatic carbocycles. The zero-order valence-corrected chi connectivity index (χ0v) is 45.0. The number of fused-ring (bicyclic) bond motifs is 5. The molecule has 4 saturated carbocycles. The third-order valence-electron chi connectivity index (χ3n) is 20.4. The number of ether oxygens (including phenoxy) is 8. The van der Waals surface area contributed by atoms with E-state index < -0.39 is 171 Å². The lowest BCUT2D eigenvalue weighted by Gasteiger charge is -2.71. The number of hydrogen-bond acceptors (Lipinski definition) is 23. The molecule has 29 atom stereocenters. The van der Waals surface area contributed by atoms with Crippen molar-refractivity contribution in [3.05, 3.63) is 12.2 Å². The molecule has 4 aliphatic heterocycles. The van der Waals surface area contributed by atoms with Gasteiger partial charge in [0.05, 0.1) is 49.8 Å². The van der Waals surface area contributed by atoms with E-state index in [2.05, 4.69) is 34.6 Å². The van der Waals surface area contributed by atoms with Crippen LogP contribution in [0.25, 0.3) is 0 Å². The van der Waals surface area contributed by atoms with Crippen LogP contribution in [0.1, 0.15) is 107 Å². The van der Waals surface area contributed by atoms with Crippen molar-refractivity contribution in [2.45, 2.75) is 247 Å². The van der Waals surface area contributed by atoms with E-state index in [-0.39, 0.29) is 47.5 Å². The van der Waals surface area contributed by atoms with Crippen LogP contribution in [0.4, 0.5) is 0 Å². The molecule has 0 spiro atoms. The molecule has 15 N–H and O–H groups in total. The lowest BCUT2D eigenvalue weighted by molar-refractivity contribution is -0.378. The summed E-state index contributed by atoms with van der Waals surface area (Å²) in [5.41, 5.74) is -4.12. The minimum absolute atomic E-state index is 0.0112. The van der Waals surface area contributed by atoms with Gasteiger partial charge in [-0.2, -0.15) is 0 Å². The van der Waals surface area contributed by atoms with Gasteiger partial charge in [-0.15, -0.1) is 0 Å². The molecular weight excluding hydrogens is 1000 g/mol. The highest BCUT2D eigenvalue weighted by atomic mass is 16.8. The van der Waals surface area contributed by atoms with Crippen LogP contribution in [0.2, 0.25) is 0 Å². The maximum absolute atomic E-state index is 12.8. The molecule has 0 aromatic heterocycles. The minimum Gasteiger partial charge on any atom is -0.394 e. The average molecular weight is 1100 g/mol. The van der Waals surface area contributed by atoms with Crippen LogP contribution in [-0.2, 0) is 37.9 Å². The van der Waals surface area contributed by atoms with Crippen molar-refractivity contribution in [1.82, 2.24) is 0 Å². The Hall–Kier alpha value is -1.18. The molecule has 8 aliphatic rings. The zero-order chi connectivity index (χ0) is 56.0. The Labute approximate surface area is 444 Å². The predicted octanol–water partition coefficient (Wildman–Crippen LogP) is -2.59. The first kappa shape index (κ1) is 60.9. The minimum atomic E-state index is -1.82. The summed E-state index contributed by atoms with van der Waals surface area (Å²) in [5.74, 6) is -0.666. The molecule has 8 rings (SSSR count). The highest BCUT2D eigenvalue weighted by Gasteiger charge is 2.72. The molecule has 4 aliphatic carbocycles. The van der Waals surface area contributed by atoms with Gasteiger partial charge in [0.25, 0.3) is 0 Å². The summed E-state index contributed by atoms with van der Waals surface area (Å²) in [6.07, 6.45) is -23.1. The van der Waals surface area contributed by atoms with E-state index in [0.717, 1.165) is 12.8 Å². The van der Waals surface area contributed by atoms with Crippen LogP contribution in [0.3, 0.4) is 0 Å². The van der Waals surface area contributed by atoms with Gasteiger partial charge in [-0.3, -0.25) is 0 Å². The smallest absolute Gasteiger partial charge is 0.187 e. The molecular formula is C53H90O23. The Bertz CT molecular complexity index is 1980. The molecule has 23 nitrogen and oxygen atoms in total. The van der Waals surface area contributed by atoms with E-state index in [4.69, 9.17) is 37.9 Å². The molecule has 0 amide bonds. The Morgan fingerprint density at radius 1 is 0.566 bits per heavy atom. The van der Waals surface area contributed by atoms with Crippen LogP contribution in [0.15, 0.2) is 12.2 Å². The van der Waals surface area contributed by atoms with Crippen LogP contribution in [0.5, 0.6) is 0 Å². The van der Waals surface area contributed by atoms with Gasteiger partial charge in [0.2, 0.25) is 0 Å². The van der Waals surface area contributed by atoms with Crippen LogP contribution in [-0.4, -0.2) is 243 Å². The van der Waals surface area contributed by atoms with Crippen molar-refractivity contribution >= 4 is 0 Å². The van der Waals surface area contributed by atoms with E-state index >= 15 is 0 Å². The topological polar surface area (TPSA) is 377 Å². The van der Waals surface area contributed by atoms with Gasteiger partial charge in [-0.05, 0) is 117 Å². The monoisotopic (exact) mass is 1090 g/mol. The predicted molar refractivity (Wildman–Crippen MR) is 262 cm³/mol. The van der Waals surface area contributed by atoms with E-state index in [0.29, 0.717) is 32.1 Å². The summed E-state index contributed by atoms with van der Waals surface area (Å²) >= 11 is 0. The SMILES string of the molecule is CC(C)(O)/C=C/C[C@](C)(O[C@@H]1O[C@H](CO[C@@H]2OC[C@@H](O)[C@H](O)[C@H]2O)[C@@H](O)[C@H](O)[C@H]1O)[C@H]1CC[C@]2(C)C1[C@H](O)C[C@@H]1[C@@]3(C)CC[C@H](O[C@@H]4O[C@H](CO)[C@@H](O)[C@H](O)[C@H]4O[C@@H]4O[C@H](CO)[C@@H](O)[C@H](O)[C@H]4O)C(C)(C)C3CC[C@]12C. The molecule has 4 heterocycles. The summed E-state index contributed by atoms with van der Waals surface area (Å²) < 4.78 is 48.6. The van der Waals surface area contributed by atoms with Gasteiger partial charge in [-0.1, -0.05) is 46.8 Å². The van der Waals surface area contributed by atoms with Gasteiger partial charge in [0.1, 0.15) is 91.6 Å². The number of aliphatic hydroxyl groups is 15. The molecule has 440 valence electrons. The lowest BCUT2D eigenvalue weighted by atomic mass is 9.35. The highest BCUT2D eigenvalue weighted by molar-refractivity contribution is 5.21. The molecule has 0 bridgehead atoms. The molecule has 0 aromatic rings. The maximum atomic E-state index is 12.8. The van der Waals surface area contributed by atoms with Crippen molar-refractivity contribution < 1.29 is 114 Å². The van der Waals surface area contributed by atoms with Crippen molar-refractivity contribution in [1.29, 1.82) is 0 Å². The highest BCUT2D eigenvalue weighted by Crippen LogP contribution is 2.76. The molecule has 8 fully saturated rings. The van der Waals surface area contributed by atoms with Crippen molar-refractivity contribution in [3.8, 4) is 0 Å². The van der Waals surface area contributed by atoms with Gasteiger partial charge in [0, 0.05) is 0 Å². The van der Waals surface area contributed by atoms with Crippen LogP contribution >= 0.6 is 0 Å².